The summed E-state index contributed by atoms with van der Waals surface area (Å²) in [4.78, 5) is 68.2. The molecule has 18 nitrogen and oxygen atoms in total. The van der Waals surface area contributed by atoms with Gasteiger partial charge in [0, 0.05) is 0 Å². The van der Waals surface area contributed by atoms with Crippen LogP contribution in [0.5, 0.6) is 0 Å². The van der Waals surface area contributed by atoms with Gasteiger partial charge in [0.05, 0.1) is 39.6 Å². The second-order valence-corrected chi connectivity index (χ2v) is 6.65. The molecule has 2 fully saturated rings. The quantitative estimate of drug-likeness (QED) is 0.138. The lowest BCUT2D eigenvalue weighted by Gasteiger charge is -2.14. The second kappa shape index (κ2) is 14.9. The summed E-state index contributed by atoms with van der Waals surface area (Å²) in [6.45, 7) is -5.20. The Labute approximate surface area is 200 Å². The van der Waals surface area contributed by atoms with Crippen LogP contribution in [0, 0.1) is 0 Å². The molecule has 0 amide bonds. The molecule has 0 aromatic carbocycles. The van der Waals surface area contributed by atoms with Crippen LogP contribution in [0.4, 0.5) is 0 Å². The molecule has 6 unspecified atom stereocenters. The van der Waals surface area contributed by atoms with E-state index in [0.29, 0.717) is 0 Å². The van der Waals surface area contributed by atoms with Crippen molar-refractivity contribution in [3.05, 3.63) is 0 Å². The summed E-state index contributed by atoms with van der Waals surface area (Å²) in [5.74, 6) is -7.16. The van der Waals surface area contributed by atoms with Crippen molar-refractivity contribution in [1.82, 2.24) is 0 Å². The molecule has 2 saturated heterocycles. The molecule has 2 aliphatic heterocycles. The van der Waals surface area contributed by atoms with E-state index in [0.717, 1.165) is 0 Å². The number of aliphatic hydroxyl groups is 6. The lowest BCUT2D eigenvalue weighted by Crippen LogP contribution is -2.37. The minimum atomic E-state index is -1.64. The molecule has 2 aliphatic rings. The van der Waals surface area contributed by atoms with E-state index in [4.69, 9.17) is 30.6 Å². The van der Waals surface area contributed by atoms with Crippen LogP contribution >= 0.6 is 0 Å². The number of carbonyl (C=O) groups is 6. The summed E-state index contributed by atoms with van der Waals surface area (Å²) in [6.07, 6.45) is -9.86. The summed E-state index contributed by atoms with van der Waals surface area (Å²) in [7, 11) is 0. The molecule has 204 valence electrons. The Hall–Kier alpha value is -3.42. The number of cyclic esters (lactones) is 6. The number of hydrogen-bond acceptors (Lipinski definition) is 18. The van der Waals surface area contributed by atoms with E-state index >= 15 is 0 Å². The molecule has 0 spiro atoms. The zero-order chi connectivity index (χ0) is 27.4. The van der Waals surface area contributed by atoms with Gasteiger partial charge in [-0.25, -0.2) is 28.8 Å². The lowest BCUT2D eigenvalue weighted by molar-refractivity contribution is -0.175. The Bertz CT molecular complexity index is 639. The Balaban J connectivity index is 0.000000360. The van der Waals surface area contributed by atoms with Gasteiger partial charge in [0.2, 0.25) is 36.6 Å². The van der Waals surface area contributed by atoms with Crippen LogP contribution in [-0.2, 0) is 57.2 Å². The SMILES string of the molecule is O=C1OC(CO)C(=O)OC(CO)C(=O)OC1CO.O=C1OC(CO)C(=O)OC(CO)C(=O)OC1CO. The van der Waals surface area contributed by atoms with Gasteiger partial charge in [0.1, 0.15) is 0 Å². The molecular weight excluding hydrogens is 504 g/mol. The molecule has 0 radical (unpaired) electrons. The van der Waals surface area contributed by atoms with Gasteiger partial charge in [-0.3, -0.25) is 0 Å². The number of rotatable bonds is 6. The van der Waals surface area contributed by atoms with Gasteiger partial charge < -0.3 is 59.1 Å². The monoisotopic (exact) mass is 528 g/mol. The maximum Gasteiger partial charge on any atom is 0.350 e. The molecule has 2 rings (SSSR count). The van der Waals surface area contributed by atoms with Crippen LogP contribution in [0.2, 0.25) is 0 Å². The molecular formula is C18H24O18. The Morgan fingerprint density at radius 1 is 0.333 bits per heavy atom. The van der Waals surface area contributed by atoms with Gasteiger partial charge >= 0.3 is 35.8 Å². The van der Waals surface area contributed by atoms with E-state index < -0.39 is 112 Å². The predicted molar refractivity (Wildman–Crippen MR) is 102 cm³/mol. The number of aliphatic hydroxyl groups excluding tert-OH is 6. The summed E-state index contributed by atoms with van der Waals surface area (Å²) in [6, 6.07) is 0. The van der Waals surface area contributed by atoms with E-state index in [1.807, 2.05) is 0 Å². The van der Waals surface area contributed by atoms with Crippen LogP contribution in [0.1, 0.15) is 0 Å². The van der Waals surface area contributed by atoms with Crippen LogP contribution in [0.15, 0.2) is 0 Å². The van der Waals surface area contributed by atoms with E-state index in [1.54, 1.807) is 0 Å². The fourth-order valence-corrected chi connectivity index (χ4v) is 2.26. The highest BCUT2D eigenvalue weighted by atomic mass is 16.7. The zero-order valence-electron chi connectivity index (χ0n) is 18.3. The third-order valence-electron chi connectivity index (χ3n) is 4.12. The third kappa shape index (κ3) is 8.36. The number of ether oxygens (including phenoxy) is 6. The van der Waals surface area contributed by atoms with E-state index in [9.17, 15) is 28.8 Å². The Morgan fingerprint density at radius 2 is 0.444 bits per heavy atom. The lowest BCUT2D eigenvalue weighted by atomic mass is 10.3. The maximum atomic E-state index is 11.4. The van der Waals surface area contributed by atoms with Gasteiger partial charge in [-0.2, -0.15) is 0 Å². The highest BCUT2D eigenvalue weighted by Gasteiger charge is 2.39. The second-order valence-electron chi connectivity index (χ2n) is 6.65. The number of carbonyl (C=O) groups excluding carboxylic acids is 6. The summed E-state index contributed by atoms with van der Waals surface area (Å²) >= 11 is 0. The topological polar surface area (TPSA) is 279 Å². The molecule has 18 heteroatoms. The molecule has 2 heterocycles. The molecule has 0 aliphatic carbocycles. The maximum absolute atomic E-state index is 11.4. The smallest absolute Gasteiger partial charge is 0.350 e. The molecule has 6 N–H and O–H groups in total. The largest absolute Gasteiger partial charge is 0.445 e. The van der Waals surface area contributed by atoms with E-state index in [2.05, 4.69) is 28.4 Å². The molecule has 0 bridgehead atoms. The van der Waals surface area contributed by atoms with Crippen LogP contribution in [-0.4, -0.2) is 143 Å². The first-order valence-electron chi connectivity index (χ1n) is 9.94. The van der Waals surface area contributed by atoms with Crippen molar-refractivity contribution in [2.45, 2.75) is 36.6 Å². The highest BCUT2D eigenvalue weighted by Crippen LogP contribution is 2.11. The zero-order valence-corrected chi connectivity index (χ0v) is 18.3. The molecule has 36 heavy (non-hydrogen) atoms. The van der Waals surface area contributed by atoms with Gasteiger partial charge in [-0.1, -0.05) is 0 Å². The van der Waals surface area contributed by atoms with Gasteiger partial charge in [-0.05, 0) is 0 Å². The van der Waals surface area contributed by atoms with Crippen molar-refractivity contribution in [3.8, 4) is 0 Å². The fourth-order valence-electron chi connectivity index (χ4n) is 2.26. The summed E-state index contributed by atoms with van der Waals surface area (Å²) < 4.78 is 27.0. The molecule has 0 aromatic rings. The predicted octanol–water partition coefficient (Wildman–Crippen LogP) is -6.58. The van der Waals surface area contributed by atoms with Crippen molar-refractivity contribution >= 4 is 35.8 Å². The van der Waals surface area contributed by atoms with Crippen LogP contribution < -0.4 is 0 Å². The van der Waals surface area contributed by atoms with Gasteiger partial charge in [0.15, 0.2) is 0 Å². The van der Waals surface area contributed by atoms with Crippen molar-refractivity contribution in [2.24, 2.45) is 0 Å². The van der Waals surface area contributed by atoms with E-state index in [-0.39, 0.29) is 0 Å². The van der Waals surface area contributed by atoms with Crippen molar-refractivity contribution < 1.29 is 87.8 Å². The van der Waals surface area contributed by atoms with Crippen molar-refractivity contribution in [1.29, 1.82) is 0 Å². The van der Waals surface area contributed by atoms with Crippen molar-refractivity contribution in [3.63, 3.8) is 0 Å². The van der Waals surface area contributed by atoms with Crippen LogP contribution in [0.25, 0.3) is 0 Å². The minimum absolute atomic E-state index is 0.866. The van der Waals surface area contributed by atoms with Gasteiger partial charge in [0.25, 0.3) is 0 Å². The molecule has 6 atom stereocenters. The standard InChI is InChI=1S/2C9H12O9/c2*10-1-4-7(13)17-6(3-12)9(15)18-5(2-11)8(14)16-4/h2*4-6,10-12H,1-3H2. The highest BCUT2D eigenvalue weighted by molar-refractivity contribution is 5.88. The van der Waals surface area contributed by atoms with Gasteiger partial charge in [-0.15, -0.1) is 0 Å². The number of esters is 6. The first-order chi connectivity index (χ1) is 17.1. The summed E-state index contributed by atoms with van der Waals surface area (Å²) in [5.41, 5.74) is 0. The number of hydrogen-bond donors (Lipinski definition) is 6. The minimum Gasteiger partial charge on any atom is -0.445 e. The normalized spacial score (nSPS) is 29.5. The first kappa shape index (κ1) is 30.6. The Kier molecular flexibility index (Phi) is 12.6. The molecule has 0 aromatic heterocycles. The first-order valence-corrected chi connectivity index (χ1v) is 9.94. The summed E-state index contributed by atoms with van der Waals surface area (Å²) in [5, 5.41) is 53.1. The van der Waals surface area contributed by atoms with Crippen molar-refractivity contribution in [2.75, 3.05) is 39.6 Å². The average molecular weight is 528 g/mol. The average Bonchev–Trinajstić information content (AvgIpc) is 2.94. The fraction of sp³-hybridized carbons (Fsp3) is 0.667. The molecule has 0 saturated carbocycles. The Morgan fingerprint density at radius 3 is 0.528 bits per heavy atom. The van der Waals surface area contributed by atoms with E-state index in [1.165, 1.54) is 0 Å². The third-order valence-corrected chi connectivity index (χ3v) is 4.12. The van der Waals surface area contributed by atoms with Crippen LogP contribution in [0.3, 0.4) is 0 Å².